The number of carbonyl (C=O) groups excluding carboxylic acids is 1. The first-order valence-corrected chi connectivity index (χ1v) is 5.97. The molecule has 0 atom stereocenters. The molecule has 0 spiro atoms. The predicted octanol–water partition coefficient (Wildman–Crippen LogP) is 1.39. The molecule has 1 aromatic rings. The van der Waals surface area contributed by atoms with Crippen LogP contribution in [-0.4, -0.2) is 24.1 Å². The minimum atomic E-state index is -0.623. The molecule has 0 aromatic heterocycles. The second-order valence-electron chi connectivity index (χ2n) is 4.37. The van der Waals surface area contributed by atoms with Gasteiger partial charge in [0.25, 0.3) is 0 Å². The van der Waals surface area contributed by atoms with E-state index in [1.165, 1.54) is 6.07 Å². The van der Waals surface area contributed by atoms with Crippen molar-refractivity contribution >= 4 is 5.91 Å². The Kier molecular flexibility index (Phi) is 5.58. The van der Waals surface area contributed by atoms with Gasteiger partial charge < -0.3 is 15.7 Å². The van der Waals surface area contributed by atoms with Gasteiger partial charge in [0.1, 0.15) is 0 Å². The summed E-state index contributed by atoms with van der Waals surface area (Å²) in [6.45, 7) is 5.09. The minimum Gasteiger partial charge on any atom is -0.505 e. The summed E-state index contributed by atoms with van der Waals surface area (Å²) in [5.41, 5.74) is 0.505. The summed E-state index contributed by atoms with van der Waals surface area (Å²) in [4.78, 5) is 11.2. The van der Waals surface area contributed by atoms with Gasteiger partial charge in [0.05, 0.1) is 0 Å². The number of phenolic OH excluding ortho intramolecular Hbond substituents is 1. The Labute approximate surface area is 106 Å². The molecule has 0 fully saturated rings. The molecule has 100 valence electrons. The molecule has 5 heteroatoms. The number of amides is 1. The number of para-hydroxylation sites is 1. The molecule has 18 heavy (non-hydrogen) atoms. The van der Waals surface area contributed by atoms with Gasteiger partial charge in [-0.3, -0.25) is 4.79 Å². The van der Waals surface area contributed by atoms with Gasteiger partial charge in [-0.1, -0.05) is 26.0 Å². The monoisotopic (exact) mass is 254 g/mol. The molecule has 1 amide bonds. The quantitative estimate of drug-likeness (QED) is 0.672. The van der Waals surface area contributed by atoms with E-state index in [1.54, 1.807) is 12.1 Å². The molecule has 0 radical (unpaired) electrons. The normalized spacial score (nSPS) is 10.7. The predicted molar refractivity (Wildman–Crippen MR) is 67.6 cm³/mol. The van der Waals surface area contributed by atoms with Gasteiger partial charge in [0, 0.05) is 31.1 Å². The van der Waals surface area contributed by atoms with Crippen LogP contribution in [0.1, 0.15) is 19.4 Å². The number of carbonyl (C=O) groups is 1. The van der Waals surface area contributed by atoms with Crippen LogP contribution in [0.3, 0.4) is 0 Å². The van der Waals surface area contributed by atoms with Crippen LogP contribution >= 0.6 is 0 Å². The van der Waals surface area contributed by atoms with Crippen molar-refractivity contribution in [1.82, 2.24) is 10.6 Å². The molecule has 1 rings (SSSR count). The molecule has 3 N–H and O–H groups in total. The third-order valence-electron chi connectivity index (χ3n) is 2.51. The van der Waals surface area contributed by atoms with Crippen molar-refractivity contribution in [3.63, 3.8) is 0 Å². The maximum Gasteiger partial charge on any atom is 0.222 e. The number of halogens is 1. The maximum absolute atomic E-state index is 13.0. The summed E-state index contributed by atoms with van der Waals surface area (Å²) in [7, 11) is 0. The third-order valence-corrected chi connectivity index (χ3v) is 2.51. The van der Waals surface area contributed by atoms with Crippen LogP contribution in [0.15, 0.2) is 18.2 Å². The van der Waals surface area contributed by atoms with Crippen LogP contribution in [0.4, 0.5) is 4.39 Å². The lowest BCUT2D eigenvalue weighted by Gasteiger charge is -2.09. The maximum atomic E-state index is 13.0. The number of hydrogen-bond acceptors (Lipinski definition) is 3. The van der Waals surface area contributed by atoms with Crippen LogP contribution in [0.2, 0.25) is 0 Å². The van der Waals surface area contributed by atoms with Crippen molar-refractivity contribution in [2.45, 2.75) is 20.4 Å². The first-order chi connectivity index (χ1) is 8.52. The van der Waals surface area contributed by atoms with Crippen molar-refractivity contribution in [3.8, 4) is 5.75 Å². The largest absolute Gasteiger partial charge is 0.505 e. The van der Waals surface area contributed by atoms with E-state index in [0.717, 1.165) is 0 Å². The third kappa shape index (κ3) is 4.33. The molecule has 0 saturated heterocycles. The van der Waals surface area contributed by atoms with Crippen LogP contribution < -0.4 is 10.6 Å². The van der Waals surface area contributed by atoms with Crippen LogP contribution in [0.5, 0.6) is 5.75 Å². The molecule has 0 aliphatic carbocycles. The van der Waals surface area contributed by atoms with Crippen LogP contribution in [0.25, 0.3) is 0 Å². The Morgan fingerprint density at radius 3 is 2.78 bits per heavy atom. The summed E-state index contributed by atoms with van der Waals surface area (Å²) in [5.74, 6) is -0.971. The highest BCUT2D eigenvalue weighted by Gasteiger charge is 2.06. The fraction of sp³-hybridized carbons (Fsp3) is 0.462. The van der Waals surface area contributed by atoms with Gasteiger partial charge in [-0.25, -0.2) is 4.39 Å². The van der Waals surface area contributed by atoms with E-state index in [9.17, 15) is 14.3 Å². The van der Waals surface area contributed by atoms with E-state index >= 15 is 0 Å². The van der Waals surface area contributed by atoms with Gasteiger partial charge in [0.2, 0.25) is 5.91 Å². The van der Waals surface area contributed by atoms with Gasteiger partial charge in [-0.15, -0.1) is 0 Å². The number of benzene rings is 1. The van der Waals surface area contributed by atoms with Gasteiger partial charge >= 0.3 is 0 Å². The van der Waals surface area contributed by atoms with Crippen molar-refractivity contribution in [3.05, 3.63) is 29.6 Å². The zero-order valence-electron chi connectivity index (χ0n) is 10.7. The van der Waals surface area contributed by atoms with Gasteiger partial charge in [-0.2, -0.15) is 0 Å². The highest BCUT2D eigenvalue weighted by atomic mass is 19.1. The SMILES string of the molecule is CC(C)C(=O)NCCNCc1cccc(F)c1O. The zero-order chi connectivity index (χ0) is 13.5. The van der Waals surface area contributed by atoms with Crippen molar-refractivity contribution in [2.24, 2.45) is 5.92 Å². The lowest BCUT2D eigenvalue weighted by atomic mass is 10.2. The van der Waals surface area contributed by atoms with Gasteiger partial charge in [0.15, 0.2) is 11.6 Å². The van der Waals surface area contributed by atoms with Crippen molar-refractivity contribution in [1.29, 1.82) is 0 Å². The standard InChI is InChI=1S/C13H19FN2O2/c1-9(2)13(18)16-7-6-15-8-10-4-3-5-11(14)12(10)17/h3-5,9,15,17H,6-8H2,1-2H3,(H,16,18). The average Bonchev–Trinajstić information content (AvgIpc) is 2.33. The summed E-state index contributed by atoms with van der Waals surface area (Å²) in [5, 5.41) is 15.2. The zero-order valence-corrected chi connectivity index (χ0v) is 10.7. The van der Waals surface area contributed by atoms with E-state index in [0.29, 0.717) is 25.2 Å². The van der Waals surface area contributed by atoms with Crippen LogP contribution in [-0.2, 0) is 11.3 Å². The Morgan fingerprint density at radius 1 is 1.39 bits per heavy atom. The minimum absolute atomic E-state index is 0.00500. The van der Waals surface area contributed by atoms with E-state index in [2.05, 4.69) is 10.6 Å². The van der Waals surface area contributed by atoms with E-state index in [4.69, 9.17) is 0 Å². The smallest absolute Gasteiger partial charge is 0.222 e. The van der Waals surface area contributed by atoms with Crippen molar-refractivity contribution < 1.29 is 14.3 Å². The second kappa shape index (κ2) is 6.96. The highest BCUT2D eigenvalue weighted by Crippen LogP contribution is 2.19. The number of hydrogen-bond donors (Lipinski definition) is 3. The van der Waals surface area contributed by atoms with E-state index in [1.807, 2.05) is 13.8 Å². The Bertz CT molecular complexity index is 408. The number of rotatable bonds is 6. The van der Waals surface area contributed by atoms with E-state index in [-0.39, 0.29) is 17.6 Å². The summed E-state index contributed by atoms with van der Waals surface area (Å²) in [6.07, 6.45) is 0. The topological polar surface area (TPSA) is 61.4 Å². The second-order valence-corrected chi connectivity index (χ2v) is 4.37. The van der Waals surface area contributed by atoms with E-state index < -0.39 is 5.82 Å². The molecular formula is C13H19FN2O2. The Hall–Kier alpha value is -1.62. The summed E-state index contributed by atoms with van der Waals surface area (Å²) < 4.78 is 13.0. The fourth-order valence-corrected chi connectivity index (χ4v) is 1.40. The van der Waals surface area contributed by atoms with Crippen molar-refractivity contribution in [2.75, 3.05) is 13.1 Å². The lowest BCUT2D eigenvalue weighted by Crippen LogP contribution is -2.34. The molecule has 0 aliphatic rings. The highest BCUT2D eigenvalue weighted by molar-refractivity contribution is 5.77. The van der Waals surface area contributed by atoms with Gasteiger partial charge in [-0.05, 0) is 6.07 Å². The molecule has 0 bridgehead atoms. The molecule has 1 aromatic carbocycles. The number of nitrogens with one attached hydrogen (secondary N) is 2. The fourth-order valence-electron chi connectivity index (χ4n) is 1.40. The summed E-state index contributed by atoms with van der Waals surface area (Å²) >= 11 is 0. The first-order valence-electron chi connectivity index (χ1n) is 5.97. The first kappa shape index (κ1) is 14.4. The molecule has 0 aliphatic heterocycles. The number of aromatic hydroxyl groups is 1. The molecule has 0 saturated carbocycles. The lowest BCUT2D eigenvalue weighted by molar-refractivity contribution is -0.123. The number of phenols is 1. The summed E-state index contributed by atoms with van der Waals surface area (Å²) in [6, 6.07) is 4.41. The Morgan fingerprint density at radius 2 is 2.11 bits per heavy atom. The Balaban J connectivity index is 2.26. The molecule has 0 heterocycles. The molecule has 0 unspecified atom stereocenters. The van der Waals surface area contributed by atoms with Crippen LogP contribution in [0, 0.1) is 11.7 Å². The average molecular weight is 254 g/mol. The molecule has 4 nitrogen and oxygen atoms in total. The molecular weight excluding hydrogens is 235 g/mol.